The fourth-order valence-electron chi connectivity index (χ4n) is 2.18. The fraction of sp³-hybridized carbons (Fsp3) is 0.500. The van der Waals surface area contributed by atoms with E-state index in [9.17, 15) is 13.4 Å². The van der Waals surface area contributed by atoms with Crippen molar-refractivity contribution in [3.63, 3.8) is 0 Å². The number of hydrogen-bond donors (Lipinski definition) is 0. The van der Waals surface area contributed by atoms with Crippen LogP contribution >= 0.6 is 0 Å². The second kappa shape index (κ2) is 6.39. The Balaban J connectivity index is 1.86. The van der Waals surface area contributed by atoms with Crippen LogP contribution in [0.15, 0.2) is 24.3 Å². The first-order valence-corrected chi connectivity index (χ1v) is 7.73. The molecule has 0 aromatic heterocycles. The van der Waals surface area contributed by atoms with Gasteiger partial charge in [0.1, 0.15) is 5.82 Å². The van der Waals surface area contributed by atoms with E-state index >= 15 is 0 Å². The van der Waals surface area contributed by atoms with Gasteiger partial charge < -0.3 is 4.74 Å². The van der Waals surface area contributed by atoms with Gasteiger partial charge in [0.05, 0.1) is 11.4 Å². The van der Waals surface area contributed by atoms with E-state index in [4.69, 9.17) is 4.74 Å². The molecule has 3 nitrogen and oxygen atoms in total. The molecule has 3 unspecified atom stereocenters. The van der Waals surface area contributed by atoms with Gasteiger partial charge in [-0.15, -0.1) is 0 Å². The molecule has 1 aromatic rings. The molecule has 0 spiro atoms. The maximum Gasteiger partial charge on any atom is 0.163 e. The Morgan fingerprint density at radius 3 is 2.68 bits per heavy atom. The second-order valence-corrected chi connectivity index (χ2v) is 6.44. The Morgan fingerprint density at radius 1 is 1.42 bits per heavy atom. The van der Waals surface area contributed by atoms with E-state index in [2.05, 4.69) is 0 Å². The summed E-state index contributed by atoms with van der Waals surface area (Å²) < 4.78 is 30.2. The number of Topliss-reactive ketones (excluding diaryl/α,β-unsaturated/α-hetero) is 1. The molecule has 104 valence electrons. The van der Waals surface area contributed by atoms with Gasteiger partial charge >= 0.3 is 0 Å². The normalized spacial score (nSPS) is 24.3. The SMILES string of the molecule is CC1OCCC1S(=O)CCC(=O)c1ccc(F)cc1. The molecule has 5 heteroatoms. The number of hydrogen-bond acceptors (Lipinski definition) is 3. The maximum absolute atomic E-state index is 12.7. The lowest BCUT2D eigenvalue weighted by Crippen LogP contribution is -2.25. The summed E-state index contributed by atoms with van der Waals surface area (Å²) >= 11 is 0. The van der Waals surface area contributed by atoms with Crippen molar-refractivity contribution >= 4 is 16.6 Å². The maximum atomic E-state index is 12.7. The van der Waals surface area contributed by atoms with Gasteiger partial charge in [0, 0.05) is 35.1 Å². The molecule has 3 atom stereocenters. The van der Waals surface area contributed by atoms with Crippen molar-refractivity contribution < 1.29 is 18.1 Å². The zero-order valence-electron chi connectivity index (χ0n) is 10.8. The summed E-state index contributed by atoms with van der Waals surface area (Å²) in [6.45, 7) is 2.56. The van der Waals surface area contributed by atoms with Crippen molar-refractivity contribution in [1.29, 1.82) is 0 Å². The van der Waals surface area contributed by atoms with Crippen LogP contribution in [0, 0.1) is 5.82 Å². The van der Waals surface area contributed by atoms with Crippen LogP contribution in [0.5, 0.6) is 0 Å². The summed E-state index contributed by atoms with van der Waals surface area (Å²) in [5.74, 6) is -0.119. The summed E-state index contributed by atoms with van der Waals surface area (Å²) in [7, 11) is -1.04. The third kappa shape index (κ3) is 3.70. The first kappa shape index (κ1) is 14.3. The minimum atomic E-state index is -1.04. The molecule has 0 radical (unpaired) electrons. The van der Waals surface area contributed by atoms with Gasteiger partial charge in [-0.2, -0.15) is 0 Å². The average molecular weight is 284 g/mol. The Hall–Kier alpha value is -1.07. The van der Waals surface area contributed by atoms with Crippen LogP contribution in [0.1, 0.15) is 30.1 Å². The molecule has 0 saturated carbocycles. The van der Waals surface area contributed by atoms with Crippen molar-refractivity contribution in [3.8, 4) is 0 Å². The molecule has 1 aromatic carbocycles. The number of ether oxygens (including phenoxy) is 1. The van der Waals surface area contributed by atoms with Crippen molar-refractivity contribution in [3.05, 3.63) is 35.6 Å². The molecular weight excluding hydrogens is 267 g/mol. The summed E-state index contributed by atoms with van der Waals surface area (Å²) in [5, 5.41) is 0.0287. The molecule has 2 rings (SSSR count). The van der Waals surface area contributed by atoms with Gasteiger partial charge in [0.25, 0.3) is 0 Å². The predicted molar refractivity (Wildman–Crippen MR) is 72.2 cm³/mol. The van der Waals surface area contributed by atoms with Crippen LogP contribution in [0.2, 0.25) is 0 Å². The number of halogens is 1. The van der Waals surface area contributed by atoms with E-state index in [1.165, 1.54) is 24.3 Å². The number of rotatable bonds is 5. The summed E-state index contributed by atoms with van der Waals surface area (Å²) in [6.07, 6.45) is 1.02. The predicted octanol–water partition coefficient (Wildman–Crippen LogP) is 2.32. The molecule has 19 heavy (non-hydrogen) atoms. The van der Waals surface area contributed by atoms with E-state index in [0.29, 0.717) is 17.9 Å². The van der Waals surface area contributed by atoms with E-state index in [1.807, 2.05) is 6.92 Å². The minimum Gasteiger partial charge on any atom is -0.377 e. The molecule has 1 aliphatic heterocycles. The van der Waals surface area contributed by atoms with Gasteiger partial charge in [-0.1, -0.05) is 0 Å². The highest BCUT2D eigenvalue weighted by atomic mass is 32.2. The monoisotopic (exact) mass is 284 g/mol. The molecule has 1 aliphatic rings. The average Bonchev–Trinajstić information content (AvgIpc) is 2.83. The first-order valence-electron chi connectivity index (χ1n) is 6.35. The molecule has 0 amide bonds. The van der Waals surface area contributed by atoms with E-state index < -0.39 is 10.8 Å². The van der Waals surface area contributed by atoms with Crippen LogP contribution in [-0.4, -0.2) is 33.7 Å². The topological polar surface area (TPSA) is 43.4 Å². The van der Waals surface area contributed by atoms with E-state index in [1.54, 1.807) is 0 Å². The highest BCUT2D eigenvalue weighted by Crippen LogP contribution is 2.19. The van der Waals surface area contributed by atoms with Gasteiger partial charge in [-0.25, -0.2) is 4.39 Å². The summed E-state index contributed by atoms with van der Waals surface area (Å²) in [5.41, 5.74) is 0.467. The van der Waals surface area contributed by atoms with E-state index in [-0.39, 0.29) is 29.4 Å². The zero-order valence-corrected chi connectivity index (χ0v) is 11.6. The number of benzene rings is 1. The van der Waals surface area contributed by atoms with Gasteiger partial charge in [-0.3, -0.25) is 9.00 Å². The van der Waals surface area contributed by atoms with Crippen molar-refractivity contribution in [2.75, 3.05) is 12.4 Å². The highest BCUT2D eigenvalue weighted by molar-refractivity contribution is 7.85. The lowest BCUT2D eigenvalue weighted by atomic mass is 10.1. The number of carbonyl (C=O) groups excluding carboxylic acids is 1. The smallest absolute Gasteiger partial charge is 0.163 e. The zero-order chi connectivity index (χ0) is 13.8. The van der Waals surface area contributed by atoms with Crippen molar-refractivity contribution in [2.45, 2.75) is 31.1 Å². The standard InChI is InChI=1S/C14H17FO3S/c1-10-14(6-8-18-10)19(17)9-7-13(16)11-2-4-12(15)5-3-11/h2-5,10,14H,6-9H2,1H3. The van der Waals surface area contributed by atoms with Crippen LogP contribution in [0.4, 0.5) is 4.39 Å². The van der Waals surface area contributed by atoms with Crippen LogP contribution < -0.4 is 0 Å². The number of ketones is 1. The van der Waals surface area contributed by atoms with Gasteiger partial charge in [0.2, 0.25) is 0 Å². The van der Waals surface area contributed by atoms with Crippen LogP contribution in [0.25, 0.3) is 0 Å². The van der Waals surface area contributed by atoms with E-state index in [0.717, 1.165) is 6.42 Å². The Morgan fingerprint density at radius 2 is 2.11 bits per heavy atom. The summed E-state index contributed by atoms with van der Waals surface area (Å²) in [6, 6.07) is 5.44. The molecule has 1 fully saturated rings. The van der Waals surface area contributed by atoms with Crippen LogP contribution in [0.3, 0.4) is 0 Å². The van der Waals surface area contributed by atoms with Gasteiger partial charge in [-0.05, 0) is 37.6 Å². The van der Waals surface area contributed by atoms with Crippen LogP contribution in [-0.2, 0) is 15.5 Å². The number of carbonyl (C=O) groups is 1. The molecule has 0 bridgehead atoms. The quantitative estimate of drug-likeness (QED) is 0.779. The highest BCUT2D eigenvalue weighted by Gasteiger charge is 2.29. The lowest BCUT2D eigenvalue weighted by Gasteiger charge is -2.13. The molecule has 1 heterocycles. The first-order chi connectivity index (χ1) is 9.08. The van der Waals surface area contributed by atoms with Crippen molar-refractivity contribution in [2.24, 2.45) is 0 Å². The Kier molecular flexibility index (Phi) is 4.82. The molecule has 0 N–H and O–H groups in total. The molecule has 0 aliphatic carbocycles. The molecular formula is C14H17FO3S. The minimum absolute atomic E-state index is 0.00163. The summed E-state index contributed by atoms with van der Waals surface area (Å²) in [4.78, 5) is 11.9. The lowest BCUT2D eigenvalue weighted by molar-refractivity contribution is 0.0988. The third-order valence-electron chi connectivity index (χ3n) is 3.34. The molecule has 1 saturated heterocycles. The second-order valence-electron chi connectivity index (χ2n) is 4.67. The Labute approximate surface area is 114 Å². The fourth-order valence-corrected chi connectivity index (χ4v) is 3.74. The third-order valence-corrected chi connectivity index (χ3v) is 5.24. The largest absolute Gasteiger partial charge is 0.377 e. The van der Waals surface area contributed by atoms with Crippen molar-refractivity contribution in [1.82, 2.24) is 0 Å². The van der Waals surface area contributed by atoms with Gasteiger partial charge in [0.15, 0.2) is 5.78 Å². The Bertz CT molecular complexity index is 472.